The Hall–Kier alpha value is -2.99. The highest BCUT2D eigenvalue weighted by Gasteiger charge is 2.18. The number of amides is 1. The molecule has 2 aromatic carbocycles. The molecule has 0 spiro atoms. The van der Waals surface area contributed by atoms with Crippen LogP contribution in [0.25, 0.3) is 16.9 Å². The van der Waals surface area contributed by atoms with Crippen LogP contribution in [-0.4, -0.2) is 46.8 Å². The first-order chi connectivity index (χ1) is 15.0. The molecule has 6 heteroatoms. The van der Waals surface area contributed by atoms with Crippen molar-refractivity contribution < 1.29 is 9.18 Å². The lowest BCUT2D eigenvalue weighted by Crippen LogP contribution is -2.38. The van der Waals surface area contributed by atoms with Crippen molar-refractivity contribution in [1.29, 1.82) is 0 Å². The average molecular weight is 421 g/mol. The highest BCUT2D eigenvalue weighted by Crippen LogP contribution is 2.24. The number of hydrogen-bond acceptors (Lipinski definition) is 3. The van der Waals surface area contributed by atoms with Crippen LogP contribution in [0.1, 0.15) is 40.9 Å². The Bertz CT molecular complexity index is 1050. The van der Waals surface area contributed by atoms with Gasteiger partial charge in [-0.1, -0.05) is 18.6 Å². The van der Waals surface area contributed by atoms with Crippen molar-refractivity contribution in [2.24, 2.45) is 0 Å². The smallest absolute Gasteiger partial charge is 0.270 e. The minimum Gasteiger partial charge on any atom is -0.349 e. The van der Waals surface area contributed by atoms with Crippen LogP contribution in [-0.2, 0) is 0 Å². The van der Waals surface area contributed by atoms with E-state index in [1.807, 2.05) is 12.1 Å². The van der Waals surface area contributed by atoms with Crippen molar-refractivity contribution in [3.05, 3.63) is 71.2 Å². The lowest BCUT2D eigenvalue weighted by Gasteiger charge is -2.26. The lowest BCUT2D eigenvalue weighted by molar-refractivity contribution is 0.0939. The largest absolute Gasteiger partial charge is 0.349 e. The molecule has 31 heavy (non-hydrogen) atoms. The molecule has 0 unspecified atom stereocenters. The van der Waals surface area contributed by atoms with Crippen LogP contribution < -0.4 is 5.32 Å². The van der Waals surface area contributed by atoms with Gasteiger partial charge in [-0.15, -0.1) is 0 Å². The lowest BCUT2D eigenvalue weighted by atomic mass is 10.0. The number of rotatable bonds is 6. The van der Waals surface area contributed by atoms with Gasteiger partial charge in [-0.2, -0.15) is 5.10 Å². The molecule has 0 atom stereocenters. The minimum atomic E-state index is -0.321. The van der Waals surface area contributed by atoms with Crippen molar-refractivity contribution in [3.63, 3.8) is 0 Å². The second-order valence-electron chi connectivity index (χ2n) is 8.26. The molecule has 1 amide bonds. The molecule has 0 aliphatic carbocycles. The first kappa shape index (κ1) is 21.2. The van der Waals surface area contributed by atoms with Crippen molar-refractivity contribution in [3.8, 4) is 16.9 Å². The maximum atomic E-state index is 13.4. The van der Waals surface area contributed by atoms with Gasteiger partial charge in [-0.3, -0.25) is 4.79 Å². The summed E-state index contributed by atoms with van der Waals surface area (Å²) in [5, 5.41) is 7.73. The predicted molar refractivity (Wildman–Crippen MR) is 121 cm³/mol. The van der Waals surface area contributed by atoms with Crippen LogP contribution in [0.3, 0.4) is 0 Å². The van der Waals surface area contributed by atoms with Gasteiger partial charge in [0.15, 0.2) is 0 Å². The molecule has 1 aliphatic rings. The van der Waals surface area contributed by atoms with Gasteiger partial charge >= 0.3 is 0 Å². The molecule has 4 rings (SSSR count). The standard InChI is InChI=1S/C25H29FN4O/c1-18-6-7-20(16-19(18)2)23-17-24(30(28-23)22-10-8-21(26)9-11-22)25(31)27-12-15-29-13-4-3-5-14-29/h6-11,16-17H,3-5,12-15H2,1-2H3,(H,27,31). The summed E-state index contributed by atoms with van der Waals surface area (Å²) in [6, 6.07) is 14.0. The molecule has 1 fully saturated rings. The normalized spacial score (nSPS) is 14.5. The Morgan fingerprint density at radius 1 is 1.00 bits per heavy atom. The third-order valence-electron chi connectivity index (χ3n) is 5.98. The number of aromatic nitrogens is 2. The van der Waals surface area contributed by atoms with E-state index in [0.717, 1.165) is 25.2 Å². The zero-order valence-electron chi connectivity index (χ0n) is 18.2. The molecule has 5 nitrogen and oxygen atoms in total. The summed E-state index contributed by atoms with van der Waals surface area (Å²) >= 11 is 0. The number of aryl methyl sites for hydroxylation is 2. The molecular formula is C25H29FN4O. The summed E-state index contributed by atoms with van der Waals surface area (Å²) in [4.78, 5) is 15.4. The molecule has 1 aliphatic heterocycles. The number of nitrogens with zero attached hydrogens (tertiary/aromatic N) is 3. The third-order valence-corrected chi connectivity index (χ3v) is 5.98. The first-order valence-electron chi connectivity index (χ1n) is 11.0. The molecular weight excluding hydrogens is 391 g/mol. The van der Waals surface area contributed by atoms with Crippen molar-refractivity contribution in [2.75, 3.05) is 26.2 Å². The predicted octanol–water partition coefficient (Wildman–Crippen LogP) is 4.51. The quantitative estimate of drug-likeness (QED) is 0.638. The van der Waals surface area contributed by atoms with Gasteiger partial charge in [0.05, 0.1) is 11.4 Å². The van der Waals surface area contributed by atoms with E-state index < -0.39 is 0 Å². The van der Waals surface area contributed by atoms with Crippen molar-refractivity contribution >= 4 is 5.91 Å². The van der Waals surface area contributed by atoms with Gasteiger partial charge in [-0.05, 0) is 87.3 Å². The summed E-state index contributed by atoms with van der Waals surface area (Å²) in [7, 11) is 0. The topological polar surface area (TPSA) is 50.2 Å². The van der Waals surface area contributed by atoms with Gasteiger partial charge in [0.1, 0.15) is 11.5 Å². The number of benzene rings is 2. The van der Waals surface area contributed by atoms with E-state index in [9.17, 15) is 9.18 Å². The van der Waals surface area contributed by atoms with Crippen molar-refractivity contribution in [2.45, 2.75) is 33.1 Å². The van der Waals surface area contributed by atoms with Crippen LogP contribution in [0.2, 0.25) is 0 Å². The number of nitrogens with one attached hydrogen (secondary N) is 1. The maximum absolute atomic E-state index is 13.4. The molecule has 0 radical (unpaired) electrons. The first-order valence-corrected chi connectivity index (χ1v) is 11.0. The average Bonchev–Trinajstić information content (AvgIpc) is 3.22. The fraction of sp³-hybridized carbons (Fsp3) is 0.360. The zero-order valence-corrected chi connectivity index (χ0v) is 18.2. The highest BCUT2D eigenvalue weighted by atomic mass is 19.1. The second kappa shape index (κ2) is 9.43. The zero-order chi connectivity index (χ0) is 21.8. The fourth-order valence-electron chi connectivity index (χ4n) is 3.96. The van der Waals surface area contributed by atoms with Gasteiger partial charge in [0.25, 0.3) is 5.91 Å². The monoisotopic (exact) mass is 420 g/mol. The van der Waals surface area contributed by atoms with Crippen molar-refractivity contribution in [1.82, 2.24) is 20.0 Å². The number of carbonyl (C=O) groups is 1. The number of likely N-dealkylation sites (tertiary alicyclic amines) is 1. The van der Waals surface area contributed by atoms with Gasteiger partial charge in [0.2, 0.25) is 0 Å². The van der Waals surface area contributed by atoms with E-state index in [1.165, 1.54) is 42.5 Å². The van der Waals surface area contributed by atoms with Crippen LogP contribution >= 0.6 is 0 Å². The Kier molecular flexibility index (Phi) is 6.47. The maximum Gasteiger partial charge on any atom is 0.270 e. The molecule has 1 aromatic heterocycles. The summed E-state index contributed by atoms with van der Waals surface area (Å²) < 4.78 is 15.0. The van der Waals surface area contributed by atoms with E-state index in [1.54, 1.807) is 16.8 Å². The summed E-state index contributed by atoms with van der Waals surface area (Å²) in [6.45, 7) is 7.76. The van der Waals surface area contributed by atoms with Gasteiger partial charge < -0.3 is 10.2 Å². The Morgan fingerprint density at radius 2 is 1.74 bits per heavy atom. The molecule has 2 heterocycles. The third kappa shape index (κ3) is 5.02. The molecule has 1 N–H and O–H groups in total. The van der Waals surface area contributed by atoms with E-state index in [4.69, 9.17) is 5.10 Å². The molecule has 0 saturated carbocycles. The van der Waals surface area contributed by atoms with Crippen LogP contribution in [0.15, 0.2) is 48.5 Å². The van der Waals surface area contributed by atoms with E-state index in [-0.39, 0.29) is 11.7 Å². The SMILES string of the molecule is Cc1ccc(-c2cc(C(=O)NCCN3CCCCC3)n(-c3ccc(F)cc3)n2)cc1C. The summed E-state index contributed by atoms with van der Waals surface area (Å²) in [5.41, 5.74) is 5.13. The minimum absolute atomic E-state index is 0.177. The van der Waals surface area contributed by atoms with Crippen LogP contribution in [0, 0.1) is 19.7 Å². The Balaban J connectivity index is 1.59. The molecule has 1 saturated heterocycles. The highest BCUT2D eigenvalue weighted by molar-refractivity contribution is 5.94. The number of hydrogen-bond donors (Lipinski definition) is 1. The number of piperidine rings is 1. The van der Waals surface area contributed by atoms with Gasteiger partial charge in [-0.25, -0.2) is 9.07 Å². The Morgan fingerprint density at radius 3 is 2.45 bits per heavy atom. The molecule has 3 aromatic rings. The summed E-state index contributed by atoms with van der Waals surface area (Å²) in [5.74, 6) is -0.498. The van der Waals surface area contributed by atoms with E-state index >= 15 is 0 Å². The summed E-state index contributed by atoms with van der Waals surface area (Å²) in [6.07, 6.45) is 3.75. The fourth-order valence-corrected chi connectivity index (χ4v) is 3.96. The molecule has 0 bridgehead atoms. The van der Waals surface area contributed by atoms with E-state index in [2.05, 4.69) is 36.2 Å². The number of carbonyl (C=O) groups excluding carboxylic acids is 1. The van der Waals surface area contributed by atoms with Crippen LogP contribution in [0.5, 0.6) is 0 Å². The van der Waals surface area contributed by atoms with E-state index in [0.29, 0.717) is 23.6 Å². The second-order valence-corrected chi connectivity index (χ2v) is 8.26. The van der Waals surface area contributed by atoms with Gasteiger partial charge in [0, 0.05) is 18.7 Å². The Labute approximate surface area is 182 Å². The molecule has 162 valence electrons. The van der Waals surface area contributed by atoms with Crippen LogP contribution in [0.4, 0.5) is 4.39 Å². The number of halogens is 1.